The predicted molar refractivity (Wildman–Crippen MR) is 86.7 cm³/mol. The number of hydrogen-bond acceptors (Lipinski definition) is 4. The van der Waals surface area contributed by atoms with Crippen LogP contribution in [-0.4, -0.2) is 20.5 Å². The minimum Gasteiger partial charge on any atom is -0.381 e. The van der Waals surface area contributed by atoms with Crippen LogP contribution in [0.25, 0.3) is 0 Å². The SMILES string of the molecule is CC1(C)CC(OS(=O)(=O)C(F)(F)F)=CCC1COCc1ccccc1. The van der Waals surface area contributed by atoms with E-state index in [4.69, 9.17) is 4.74 Å². The molecule has 0 saturated heterocycles. The molecule has 0 spiro atoms. The lowest BCUT2D eigenvalue weighted by atomic mass is 9.71. The quantitative estimate of drug-likeness (QED) is 0.544. The van der Waals surface area contributed by atoms with Gasteiger partial charge < -0.3 is 8.92 Å². The maximum absolute atomic E-state index is 12.4. The lowest BCUT2D eigenvalue weighted by molar-refractivity contribution is -0.0531. The normalized spacial score (nSPS) is 20.8. The van der Waals surface area contributed by atoms with Gasteiger partial charge in [0.1, 0.15) is 5.76 Å². The van der Waals surface area contributed by atoms with E-state index in [0.29, 0.717) is 19.6 Å². The van der Waals surface area contributed by atoms with Gasteiger partial charge in [0.2, 0.25) is 0 Å². The van der Waals surface area contributed by atoms with Crippen LogP contribution in [0.15, 0.2) is 42.2 Å². The molecule has 2 rings (SSSR count). The van der Waals surface area contributed by atoms with Gasteiger partial charge in [-0.15, -0.1) is 0 Å². The topological polar surface area (TPSA) is 52.6 Å². The number of benzene rings is 1. The summed E-state index contributed by atoms with van der Waals surface area (Å²) in [5, 5.41) is 0. The Hall–Kier alpha value is -1.54. The van der Waals surface area contributed by atoms with Gasteiger partial charge in [0.15, 0.2) is 0 Å². The second-order valence-corrected chi connectivity index (χ2v) is 8.29. The van der Waals surface area contributed by atoms with Crippen LogP contribution in [0.5, 0.6) is 0 Å². The Kier molecular flexibility index (Phi) is 5.83. The average Bonchev–Trinajstić information content (AvgIpc) is 2.48. The first-order valence-corrected chi connectivity index (χ1v) is 9.23. The molecule has 1 atom stereocenters. The standard InChI is InChI=1S/C17H21F3O4S/c1-16(2)10-15(24-25(21,22)17(18,19)20)9-8-14(16)12-23-11-13-6-4-3-5-7-13/h3-7,9,14H,8,10-12H2,1-2H3. The van der Waals surface area contributed by atoms with Gasteiger partial charge in [0.05, 0.1) is 13.2 Å². The highest BCUT2D eigenvalue weighted by molar-refractivity contribution is 7.87. The van der Waals surface area contributed by atoms with E-state index in [1.807, 2.05) is 44.2 Å². The number of allylic oxidation sites excluding steroid dienone is 2. The van der Waals surface area contributed by atoms with Crippen LogP contribution in [0, 0.1) is 11.3 Å². The molecule has 0 radical (unpaired) electrons. The molecule has 0 heterocycles. The molecule has 0 N–H and O–H groups in total. The van der Waals surface area contributed by atoms with Crippen molar-refractivity contribution >= 4 is 10.1 Å². The summed E-state index contributed by atoms with van der Waals surface area (Å²) in [6.45, 7) is 4.60. The molecular formula is C17H21F3O4S. The van der Waals surface area contributed by atoms with Crippen LogP contribution in [0.1, 0.15) is 32.3 Å². The molecule has 4 nitrogen and oxygen atoms in total. The third-order valence-corrected chi connectivity index (χ3v) is 5.30. The highest BCUT2D eigenvalue weighted by Crippen LogP contribution is 2.42. The smallest absolute Gasteiger partial charge is 0.381 e. The maximum atomic E-state index is 12.4. The predicted octanol–water partition coefficient (Wildman–Crippen LogP) is 4.39. The summed E-state index contributed by atoms with van der Waals surface area (Å²) in [6.07, 6.45) is 1.90. The van der Waals surface area contributed by atoms with Gasteiger partial charge in [0.25, 0.3) is 0 Å². The third-order valence-electron chi connectivity index (χ3n) is 4.30. The molecule has 0 fully saturated rings. The van der Waals surface area contributed by atoms with E-state index in [0.717, 1.165) is 5.56 Å². The van der Waals surface area contributed by atoms with E-state index >= 15 is 0 Å². The van der Waals surface area contributed by atoms with Gasteiger partial charge in [-0.25, -0.2) is 0 Å². The minimum absolute atomic E-state index is 0.0529. The molecule has 1 unspecified atom stereocenters. The average molecular weight is 378 g/mol. The van der Waals surface area contributed by atoms with Crippen molar-refractivity contribution in [1.82, 2.24) is 0 Å². The molecule has 8 heteroatoms. The van der Waals surface area contributed by atoms with Crippen molar-refractivity contribution in [3.63, 3.8) is 0 Å². The summed E-state index contributed by atoms with van der Waals surface area (Å²) >= 11 is 0. The first-order valence-electron chi connectivity index (χ1n) is 7.83. The van der Waals surface area contributed by atoms with E-state index in [-0.39, 0.29) is 18.1 Å². The van der Waals surface area contributed by atoms with Gasteiger partial charge >= 0.3 is 15.6 Å². The van der Waals surface area contributed by atoms with Crippen LogP contribution >= 0.6 is 0 Å². The van der Waals surface area contributed by atoms with E-state index < -0.39 is 21.0 Å². The molecule has 1 aromatic rings. The van der Waals surface area contributed by atoms with E-state index in [2.05, 4.69) is 4.18 Å². The number of hydrogen-bond donors (Lipinski definition) is 0. The minimum atomic E-state index is -5.62. The second kappa shape index (κ2) is 7.37. The summed E-state index contributed by atoms with van der Waals surface area (Å²) in [7, 11) is -5.62. The van der Waals surface area contributed by atoms with Crippen molar-refractivity contribution in [1.29, 1.82) is 0 Å². The zero-order chi connectivity index (χ0) is 18.7. The van der Waals surface area contributed by atoms with Crippen LogP contribution in [0.3, 0.4) is 0 Å². The fourth-order valence-electron chi connectivity index (χ4n) is 2.70. The lowest BCUT2D eigenvalue weighted by Crippen LogP contribution is -2.33. The molecule has 25 heavy (non-hydrogen) atoms. The highest BCUT2D eigenvalue weighted by Gasteiger charge is 2.49. The van der Waals surface area contributed by atoms with E-state index in [1.54, 1.807) is 0 Å². The molecule has 0 aliphatic heterocycles. The number of ether oxygens (including phenoxy) is 1. The molecular weight excluding hydrogens is 357 g/mol. The summed E-state index contributed by atoms with van der Waals surface area (Å²) in [6, 6.07) is 9.63. The molecule has 0 bridgehead atoms. The van der Waals surface area contributed by atoms with Crippen LogP contribution in [0.4, 0.5) is 13.2 Å². The van der Waals surface area contributed by atoms with Crippen LogP contribution in [-0.2, 0) is 25.6 Å². The Bertz CT molecular complexity index is 709. The van der Waals surface area contributed by atoms with Gasteiger partial charge in [-0.05, 0) is 29.4 Å². The molecule has 0 aromatic heterocycles. The van der Waals surface area contributed by atoms with Crippen molar-refractivity contribution < 1.29 is 30.5 Å². The highest BCUT2D eigenvalue weighted by atomic mass is 32.2. The Morgan fingerprint density at radius 2 is 1.84 bits per heavy atom. The summed E-state index contributed by atoms with van der Waals surface area (Å²) in [5.41, 5.74) is -4.83. The zero-order valence-electron chi connectivity index (χ0n) is 14.0. The van der Waals surface area contributed by atoms with Gasteiger partial charge in [-0.1, -0.05) is 44.2 Å². The third kappa shape index (κ3) is 5.22. The maximum Gasteiger partial charge on any atom is 0.534 e. The van der Waals surface area contributed by atoms with E-state index in [9.17, 15) is 21.6 Å². The van der Waals surface area contributed by atoms with Crippen molar-refractivity contribution in [2.45, 2.75) is 38.8 Å². The number of rotatable bonds is 6. The molecule has 0 amide bonds. The molecule has 140 valence electrons. The largest absolute Gasteiger partial charge is 0.534 e. The van der Waals surface area contributed by atoms with Gasteiger partial charge in [-0.2, -0.15) is 21.6 Å². The zero-order valence-corrected chi connectivity index (χ0v) is 14.9. The molecule has 0 saturated carbocycles. The van der Waals surface area contributed by atoms with E-state index in [1.165, 1.54) is 6.08 Å². The van der Waals surface area contributed by atoms with Crippen LogP contribution in [0.2, 0.25) is 0 Å². The Labute approximate surface area is 145 Å². The fourth-order valence-corrected chi connectivity index (χ4v) is 3.20. The van der Waals surface area contributed by atoms with Crippen molar-refractivity contribution in [3.05, 3.63) is 47.7 Å². The molecule has 1 aliphatic rings. The number of alkyl halides is 3. The number of halogens is 3. The Balaban J connectivity index is 1.95. The fraction of sp³-hybridized carbons (Fsp3) is 0.529. The lowest BCUT2D eigenvalue weighted by Gasteiger charge is -2.37. The Morgan fingerprint density at radius 1 is 1.20 bits per heavy atom. The molecule has 1 aromatic carbocycles. The first-order chi connectivity index (χ1) is 11.5. The van der Waals surface area contributed by atoms with Crippen molar-refractivity contribution in [2.24, 2.45) is 11.3 Å². The van der Waals surface area contributed by atoms with Gasteiger partial charge in [-0.3, -0.25) is 0 Å². The summed E-state index contributed by atoms with van der Waals surface area (Å²) in [4.78, 5) is 0. The Morgan fingerprint density at radius 3 is 2.40 bits per heavy atom. The monoisotopic (exact) mass is 378 g/mol. The van der Waals surface area contributed by atoms with Crippen molar-refractivity contribution in [2.75, 3.05) is 6.61 Å². The van der Waals surface area contributed by atoms with Crippen molar-refractivity contribution in [3.8, 4) is 0 Å². The first kappa shape index (κ1) is 19.8. The molecule has 1 aliphatic carbocycles. The second-order valence-electron chi connectivity index (χ2n) is 6.75. The van der Waals surface area contributed by atoms with Crippen LogP contribution < -0.4 is 0 Å². The van der Waals surface area contributed by atoms with Gasteiger partial charge in [0, 0.05) is 6.42 Å². The summed E-state index contributed by atoms with van der Waals surface area (Å²) < 4.78 is 69.5. The summed E-state index contributed by atoms with van der Waals surface area (Å²) in [5.74, 6) is -0.112.